The number of carboxylic acids is 2. The fourth-order valence-electron chi connectivity index (χ4n) is 9.05. The molecule has 0 bridgehead atoms. The van der Waals surface area contributed by atoms with Crippen LogP contribution in [-0.2, 0) is 78.0 Å². The number of ether oxygens (including phenoxy) is 6. The molecule has 0 saturated carbocycles. The van der Waals surface area contributed by atoms with Crippen LogP contribution >= 0.6 is 23.2 Å². The Kier molecular flexibility index (Phi) is 19.0. The molecule has 8 rings (SSSR count). The van der Waals surface area contributed by atoms with Gasteiger partial charge < -0.3 is 38.6 Å². The molecule has 2 saturated heterocycles. The molecule has 4 aromatic carbocycles. The van der Waals surface area contributed by atoms with Crippen molar-refractivity contribution in [3.05, 3.63) is 152 Å². The van der Waals surface area contributed by atoms with Gasteiger partial charge in [-0.2, -0.15) is 8.73 Å². The first-order valence-corrected chi connectivity index (χ1v) is 30.2. The number of aromatic nitrogens is 2. The highest BCUT2D eigenvalue weighted by Crippen LogP contribution is 2.39. The summed E-state index contributed by atoms with van der Waals surface area (Å²) in [5.74, 6) is -0.398. The minimum Gasteiger partial charge on any atom is -0.488 e. The first-order valence-electron chi connectivity index (χ1n) is 24.8. The molecule has 78 heavy (non-hydrogen) atoms. The number of carbonyl (C=O) groups is 2. The van der Waals surface area contributed by atoms with Gasteiger partial charge >= 0.3 is 11.9 Å². The molecule has 0 unspecified atom stereocenters. The third kappa shape index (κ3) is 15.5. The molecular formula is C56H62Cl2N6O12S2. The fraction of sp³-hybridized carbons (Fsp3) is 0.357. The van der Waals surface area contributed by atoms with Crippen LogP contribution in [0.4, 0.5) is 11.4 Å². The zero-order chi connectivity index (χ0) is 55.7. The standard InChI is InChI=1S/C56H62Cl2N6O12S2/c1-35-39(31-75-53-21-51(73-29-37-17-43(25-59-23-37)61-77(3,4)69)41(19-47(53)57)27-63-13-15-71-33-49(63)55(65)66)9-7-11-45(35)46-12-8-10-40(36(46)2)32-76-54-22-52(74-30-38-18-44(26-60-24-38)62-78(5,6)70)42(20-48(54)58)28-64-14-16-72-34-50(64)56(67)68/h7-12,17-26,49-50H,13-16,27-34H2,1-6H3,(H,65,66)(H,67,68)/t49-,50-/m0/s1. The molecule has 0 radical (unpaired) electrons. The van der Waals surface area contributed by atoms with Crippen molar-refractivity contribution in [2.45, 2.75) is 65.4 Å². The van der Waals surface area contributed by atoms with Crippen LogP contribution in [0.25, 0.3) is 11.1 Å². The van der Waals surface area contributed by atoms with Gasteiger partial charge in [0, 0.05) is 117 Å². The van der Waals surface area contributed by atoms with E-state index in [1.54, 1.807) is 73.8 Å². The van der Waals surface area contributed by atoms with Gasteiger partial charge in [-0.3, -0.25) is 29.4 Å². The van der Waals surface area contributed by atoms with Gasteiger partial charge in [0.25, 0.3) is 0 Å². The Labute approximate surface area is 464 Å². The Balaban J connectivity index is 1.02. The Morgan fingerprint density at radius 2 is 0.987 bits per heavy atom. The molecule has 414 valence electrons. The quantitative estimate of drug-likeness (QED) is 0.0685. The highest BCUT2D eigenvalue weighted by molar-refractivity contribution is 7.92. The first kappa shape index (κ1) is 57.8. The van der Waals surface area contributed by atoms with Gasteiger partial charge in [-0.05, 0) is 71.5 Å². The van der Waals surface area contributed by atoms with Gasteiger partial charge in [-0.25, -0.2) is 8.42 Å². The van der Waals surface area contributed by atoms with Crippen molar-refractivity contribution in [3.8, 4) is 34.1 Å². The zero-order valence-electron chi connectivity index (χ0n) is 44.1. The van der Waals surface area contributed by atoms with E-state index in [4.69, 9.17) is 51.6 Å². The summed E-state index contributed by atoms with van der Waals surface area (Å²) in [6.45, 7) is 6.61. The van der Waals surface area contributed by atoms with Gasteiger partial charge in [-0.1, -0.05) is 59.6 Å². The number of pyridine rings is 2. The second kappa shape index (κ2) is 25.6. The van der Waals surface area contributed by atoms with E-state index in [2.05, 4.69) is 30.8 Å². The van der Waals surface area contributed by atoms with Crippen LogP contribution in [0.5, 0.6) is 23.0 Å². The van der Waals surface area contributed by atoms with Crippen LogP contribution in [0.2, 0.25) is 10.0 Å². The monoisotopic (exact) mass is 1140 g/mol. The SMILES string of the molecule is Cc1c(COc2cc(OCc3cncc(N=S(C)(C)=O)c3)c(CN3CCOC[C@H]3C(=O)O)cc2Cl)cccc1-c1cccc(COc2cc(OCc3cncc(N=S(C)(C)=O)c3)c(CN3CCOC[C@H]3C(=O)O)cc2Cl)c1C. The Bertz CT molecular complexity index is 3220. The molecule has 2 aromatic heterocycles. The highest BCUT2D eigenvalue weighted by Gasteiger charge is 2.32. The molecular weight excluding hydrogens is 1080 g/mol. The summed E-state index contributed by atoms with van der Waals surface area (Å²) < 4.78 is 70.1. The van der Waals surface area contributed by atoms with Crippen LogP contribution in [0, 0.1) is 13.8 Å². The van der Waals surface area contributed by atoms with E-state index in [1.807, 2.05) is 47.9 Å². The maximum Gasteiger partial charge on any atom is 0.323 e. The molecule has 2 aliphatic rings. The number of benzene rings is 4. The van der Waals surface area contributed by atoms with Crippen molar-refractivity contribution in [2.24, 2.45) is 8.73 Å². The lowest BCUT2D eigenvalue weighted by Gasteiger charge is -2.33. The first-order chi connectivity index (χ1) is 37.2. The van der Waals surface area contributed by atoms with E-state index >= 15 is 0 Å². The van der Waals surface area contributed by atoms with Gasteiger partial charge in [0.1, 0.15) is 61.5 Å². The van der Waals surface area contributed by atoms with E-state index < -0.39 is 43.5 Å². The topological polar surface area (TPSA) is 221 Å². The van der Waals surface area contributed by atoms with Crippen molar-refractivity contribution in [1.29, 1.82) is 0 Å². The molecule has 2 fully saturated rings. The summed E-state index contributed by atoms with van der Waals surface area (Å²) >= 11 is 13.9. The molecule has 22 heteroatoms. The third-order valence-electron chi connectivity index (χ3n) is 13.0. The van der Waals surface area contributed by atoms with Crippen LogP contribution < -0.4 is 18.9 Å². The third-order valence-corrected chi connectivity index (χ3v) is 14.9. The average molecular weight is 1150 g/mol. The van der Waals surface area contributed by atoms with E-state index in [0.29, 0.717) is 93.0 Å². The van der Waals surface area contributed by atoms with E-state index in [9.17, 15) is 28.2 Å². The van der Waals surface area contributed by atoms with Gasteiger partial charge in [0.05, 0.1) is 60.2 Å². The number of hydrogen-bond acceptors (Lipinski definition) is 16. The maximum absolute atomic E-state index is 12.4. The number of rotatable bonds is 21. The molecule has 2 N–H and O–H groups in total. The van der Waals surface area contributed by atoms with Crippen LogP contribution in [0.1, 0.15) is 44.5 Å². The average Bonchev–Trinajstić information content (AvgIpc) is 3.39. The lowest BCUT2D eigenvalue weighted by molar-refractivity contribution is -0.151. The summed E-state index contributed by atoms with van der Waals surface area (Å²) in [6.07, 6.45) is 12.5. The molecule has 0 amide bonds. The molecule has 0 spiro atoms. The number of hydrogen-bond donors (Lipinski definition) is 2. The molecule has 18 nitrogen and oxygen atoms in total. The Morgan fingerprint density at radius 1 is 0.590 bits per heavy atom. The lowest BCUT2D eigenvalue weighted by atomic mass is 9.92. The van der Waals surface area contributed by atoms with E-state index in [1.165, 1.54) is 12.4 Å². The summed E-state index contributed by atoms with van der Waals surface area (Å²) in [5.41, 5.74) is 9.32. The lowest BCUT2D eigenvalue weighted by Crippen LogP contribution is -2.49. The second-order valence-electron chi connectivity index (χ2n) is 19.6. The highest BCUT2D eigenvalue weighted by atomic mass is 35.5. The normalized spacial score (nSPS) is 16.3. The van der Waals surface area contributed by atoms with E-state index in [-0.39, 0.29) is 52.7 Å². The van der Waals surface area contributed by atoms with Gasteiger partial charge in [0.2, 0.25) is 0 Å². The molecule has 0 aliphatic carbocycles. The minimum absolute atomic E-state index is 0.0483. The fourth-order valence-corrected chi connectivity index (χ4v) is 10.7. The Hall–Kier alpha value is -6.36. The summed E-state index contributed by atoms with van der Waals surface area (Å²) in [7, 11) is -4.86. The van der Waals surface area contributed by atoms with Crippen LogP contribution in [0.15, 0.2) is 106 Å². The van der Waals surface area contributed by atoms with E-state index in [0.717, 1.165) is 33.4 Å². The summed E-state index contributed by atoms with van der Waals surface area (Å²) in [5, 5.41) is 20.6. The predicted molar refractivity (Wildman–Crippen MR) is 300 cm³/mol. The molecule has 2 atom stereocenters. The molecule has 6 aromatic rings. The molecule has 2 aliphatic heterocycles. The Morgan fingerprint density at radius 3 is 1.37 bits per heavy atom. The van der Waals surface area contributed by atoms with Gasteiger partial charge in [-0.15, -0.1) is 0 Å². The summed E-state index contributed by atoms with van der Waals surface area (Å²) in [4.78, 5) is 36.6. The predicted octanol–water partition coefficient (Wildman–Crippen LogP) is 9.67. The van der Waals surface area contributed by atoms with Crippen LogP contribution in [0.3, 0.4) is 0 Å². The largest absolute Gasteiger partial charge is 0.488 e. The van der Waals surface area contributed by atoms with Crippen LogP contribution in [-0.4, -0.2) is 127 Å². The number of morpholine rings is 2. The smallest absolute Gasteiger partial charge is 0.323 e. The van der Waals surface area contributed by atoms with Crippen molar-refractivity contribution >= 4 is 66.0 Å². The second-order valence-corrected chi connectivity index (χ2v) is 25.5. The molecule has 4 heterocycles. The summed E-state index contributed by atoms with van der Waals surface area (Å²) in [6, 6.07) is 20.7. The van der Waals surface area contributed by atoms with Gasteiger partial charge in [0.15, 0.2) is 0 Å². The van der Waals surface area contributed by atoms with Crippen molar-refractivity contribution in [2.75, 3.05) is 64.5 Å². The number of halogens is 2. The van der Waals surface area contributed by atoms with Crippen molar-refractivity contribution in [3.63, 3.8) is 0 Å². The number of nitrogens with zero attached hydrogens (tertiary/aromatic N) is 6. The zero-order valence-corrected chi connectivity index (χ0v) is 47.3. The minimum atomic E-state index is -2.43. The maximum atomic E-state index is 12.4. The van der Waals surface area contributed by atoms with Crippen molar-refractivity contribution < 1.29 is 56.6 Å². The van der Waals surface area contributed by atoms with Crippen molar-refractivity contribution in [1.82, 2.24) is 19.8 Å². The number of carboxylic acid groups (broad SMARTS) is 2. The number of aliphatic carboxylic acids is 2.